The minimum atomic E-state index is -0.389. The zero-order valence-corrected chi connectivity index (χ0v) is 19.9. The van der Waals surface area contributed by atoms with Gasteiger partial charge in [-0.3, -0.25) is 14.4 Å². The zero-order chi connectivity index (χ0) is 24.0. The number of ether oxygens (including phenoxy) is 2. The first-order valence-corrected chi connectivity index (χ1v) is 11.3. The van der Waals surface area contributed by atoms with Crippen LogP contribution in [0.5, 0.6) is 11.5 Å². The van der Waals surface area contributed by atoms with E-state index in [4.69, 9.17) is 21.1 Å². The summed E-state index contributed by atoms with van der Waals surface area (Å²) in [6, 6.07) is 10.6. The number of Topliss-reactive ketones (excluding diaryl/α,β-unsaturated/α-hetero) is 1. The fourth-order valence-corrected chi connectivity index (χ4v) is 4.13. The standard InChI is InChI=1S/C25H29ClN2O5/c1-16-6-4-7-17(2)23(16)33-15-20(29)13-27-24(30)18-8-5-11-28(14-18)25(31)21-12-19(26)9-10-22(21)32-3/h4,6-7,9-10,12,18H,5,8,11,13-15H2,1-3H3,(H,27,30)/t18-/m0/s1. The number of methoxy groups -OCH3 is 1. The summed E-state index contributed by atoms with van der Waals surface area (Å²) in [7, 11) is 1.49. The molecule has 8 heteroatoms. The molecule has 1 N–H and O–H groups in total. The molecule has 7 nitrogen and oxygen atoms in total. The summed E-state index contributed by atoms with van der Waals surface area (Å²) >= 11 is 6.06. The lowest BCUT2D eigenvalue weighted by molar-refractivity contribution is -0.129. The number of hydrogen-bond acceptors (Lipinski definition) is 5. The number of carbonyl (C=O) groups excluding carboxylic acids is 3. The van der Waals surface area contributed by atoms with Crippen molar-refractivity contribution in [2.45, 2.75) is 26.7 Å². The Kier molecular flexibility index (Phi) is 8.33. The lowest BCUT2D eigenvalue weighted by Gasteiger charge is -2.32. The number of piperidine rings is 1. The van der Waals surface area contributed by atoms with E-state index < -0.39 is 0 Å². The molecule has 2 aromatic carbocycles. The van der Waals surface area contributed by atoms with Crippen LogP contribution in [0.2, 0.25) is 5.02 Å². The molecule has 1 atom stereocenters. The predicted molar refractivity (Wildman–Crippen MR) is 126 cm³/mol. The highest BCUT2D eigenvalue weighted by atomic mass is 35.5. The number of para-hydroxylation sites is 1. The number of nitrogens with zero attached hydrogens (tertiary/aromatic N) is 1. The Bertz CT molecular complexity index is 1020. The highest BCUT2D eigenvalue weighted by Crippen LogP contribution is 2.26. The summed E-state index contributed by atoms with van der Waals surface area (Å²) < 4.78 is 10.9. The molecule has 176 valence electrons. The molecule has 1 fully saturated rings. The topological polar surface area (TPSA) is 84.9 Å². The van der Waals surface area contributed by atoms with E-state index in [2.05, 4.69) is 5.32 Å². The molecule has 0 spiro atoms. The fourth-order valence-electron chi connectivity index (χ4n) is 3.95. The van der Waals surface area contributed by atoms with E-state index in [0.29, 0.717) is 41.5 Å². The Labute approximate surface area is 199 Å². The third kappa shape index (κ3) is 6.26. The number of benzene rings is 2. The van der Waals surface area contributed by atoms with Crippen LogP contribution in [0.4, 0.5) is 0 Å². The van der Waals surface area contributed by atoms with Crippen molar-refractivity contribution in [1.82, 2.24) is 10.2 Å². The zero-order valence-electron chi connectivity index (χ0n) is 19.2. The third-order valence-corrected chi connectivity index (χ3v) is 5.95. The first-order chi connectivity index (χ1) is 15.8. The smallest absolute Gasteiger partial charge is 0.257 e. The lowest BCUT2D eigenvalue weighted by atomic mass is 9.96. The lowest BCUT2D eigenvalue weighted by Crippen LogP contribution is -2.46. The minimum Gasteiger partial charge on any atom is -0.496 e. The van der Waals surface area contributed by atoms with Gasteiger partial charge in [0.25, 0.3) is 5.91 Å². The number of halogens is 1. The Morgan fingerprint density at radius 1 is 1.15 bits per heavy atom. The minimum absolute atomic E-state index is 0.115. The van der Waals surface area contributed by atoms with Crippen molar-refractivity contribution in [1.29, 1.82) is 0 Å². The van der Waals surface area contributed by atoms with Gasteiger partial charge in [-0.2, -0.15) is 0 Å². The summed E-state index contributed by atoms with van der Waals surface area (Å²) in [4.78, 5) is 39.6. The SMILES string of the molecule is COc1ccc(Cl)cc1C(=O)N1CCC[C@H](C(=O)NCC(=O)COc2c(C)cccc2C)C1. The normalized spacial score (nSPS) is 15.6. The van der Waals surface area contributed by atoms with E-state index in [-0.39, 0.29) is 43.2 Å². The summed E-state index contributed by atoms with van der Waals surface area (Å²) in [5.74, 6) is 0.0371. The molecule has 0 radical (unpaired) electrons. The van der Waals surface area contributed by atoms with E-state index in [1.807, 2.05) is 32.0 Å². The van der Waals surface area contributed by atoms with Crippen molar-refractivity contribution in [3.8, 4) is 11.5 Å². The predicted octanol–water partition coefficient (Wildman–Crippen LogP) is 3.58. The summed E-state index contributed by atoms with van der Waals surface area (Å²) in [5, 5.41) is 3.13. The molecule has 0 aromatic heterocycles. The van der Waals surface area contributed by atoms with Crippen LogP contribution in [0.3, 0.4) is 0 Å². The van der Waals surface area contributed by atoms with Gasteiger partial charge < -0.3 is 19.7 Å². The fraction of sp³-hybridized carbons (Fsp3) is 0.400. The molecule has 0 aliphatic carbocycles. The van der Waals surface area contributed by atoms with Crippen molar-refractivity contribution in [2.24, 2.45) is 5.92 Å². The second-order valence-electron chi connectivity index (χ2n) is 8.20. The van der Waals surface area contributed by atoms with Gasteiger partial charge in [0.1, 0.15) is 18.1 Å². The van der Waals surface area contributed by atoms with Crippen LogP contribution in [0.15, 0.2) is 36.4 Å². The largest absolute Gasteiger partial charge is 0.496 e. The molecule has 0 saturated carbocycles. The van der Waals surface area contributed by atoms with E-state index >= 15 is 0 Å². The number of amides is 2. The first kappa shape index (κ1) is 24.6. The maximum atomic E-state index is 13.0. The van der Waals surface area contributed by atoms with Crippen molar-refractivity contribution in [3.63, 3.8) is 0 Å². The van der Waals surface area contributed by atoms with E-state index in [1.165, 1.54) is 7.11 Å². The van der Waals surface area contributed by atoms with Gasteiger partial charge in [-0.1, -0.05) is 29.8 Å². The third-order valence-electron chi connectivity index (χ3n) is 5.72. The molecule has 1 aliphatic rings. The molecule has 1 saturated heterocycles. The maximum Gasteiger partial charge on any atom is 0.257 e. The Morgan fingerprint density at radius 3 is 2.58 bits per heavy atom. The number of aryl methyl sites for hydroxylation is 2. The molecule has 3 rings (SSSR count). The Hall–Kier alpha value is -3.06. The second-order valence-corrected chi connectivity index (χ2v) is 8.64. The van der Waals surface area contributed by atoms with Gasteiger partial charge in [0.05, 0.1) is 25.1 Å². The Morgan fingerprint density at radius 2 is 1.88 bits per heavy atom. The molecule has 2 amide bonds. The summed E-state index contributed by atoms with van der Waals surface area (Å²) in [6.07, 6.45) is 1.34. The number of rotatable bonds is 8. The Balaban J connectivity index is 1.53. The molecule has 33 heavy (non-hydrogen) atoms. The number of ketones is 1. The van der Waals surface area contributed by atoms with Crippen LogP contribution in [0.1, 0.15) is 34.3 Å². The summed E-state index contributed by atoms with van der Waals surface area (Å²) in [5.41, 5.74) is 2.27. The highest BCUT2D eigenvalue weighted by molar-refractivity contribution is 6.31. The van der Waals surface area contributed by atoms with Gasteiger partial charge in [0, 0.05) is 18.1 Å². The number of nitrogens with one attached hydrogen (secondary N) is 1. The van der Waals surface area contributed by atoms with Crippen LogP contribution >= 0.6 is 11.6 Å². The van der Waals surface area contributed by atoms with E-state index in [9.17, 15) is 14.4 Å². The van der Waals surface area contributed by atoms with Gasteiger partial charge >= 0.3 is 0 Å². The van der Waals surface area contributed by atoms with Gasteiger partial charge in [-0.15, -0.1) is 0 Å². The molecule has 2 aromatic rings. The monoisotopic (exact) mass is 472 g/mol. The molecule has 0 unspecified atom stereocenters. The van der Waals surface area contributed by atoms with Crippen LogP contribution in [-0.2, 0) is 9.59 Å². The average molecular weight is 473 g/mol. The highest BCUT2D eigenvalue weighted by Gasteiger charge is 2.30. The first-order valence-electron chi connectivity index (χ1n) is 10.9. The number of carbonyl (C=O) groups is 3. The number of hydrogen-bond donors (Lipinski definition) is 1. The van der Waals surface area contributed by atoms with Crippen molar-refractivity contribution >= 4 is 29.2 Å². The van der Waals surface area contributed by atoms with Crippen molar-refractivity contribution in [2.75, 3.05) is 33.4 Å². The average Bonchev–Trinajstić information content (AvgIpc) is 2.81. The van der Waals surface area contributed by atoms with E-state index in [0.717, 1.165) is 11.1 Å². The molecule has 0 bridgehead atoms. The van der Waals surface area contributed by atoms with Crippen LogP contribution in [0, 0.1) is 19.8 Å². The molecule has 1 heterocycles. The maximum absolute atomic E-state index is 13.0. The summed E-state index contributed by atoms with van der Waals surface area (Å²) in [6.45, 7) is 4.42. The van der Waals surface area contributed by atoms with Gasteiger partial charge in [-0.05, 0) is 56.0 Å². The van der Waals surface area contributed by atoms with Gasteiger partial charge in [-0.25, -0.2) is 0 Å². The molecular formula is C25H29ClN2O5. The van der Waals surface area contributed by atoms with E-state index in [1.54, 1.807) is 23.1 Å². The molecular weight excluding hydrogens is 444 g/mol. The van der Waals surface area contributed by atoms with Crippen LogP contribution < -0.4 is 14.8 Å². The van der Waals surface area contributed by atoms with Crippen LogP contribution in [-0.4, -0.2) is 55.8 Å². The quantitative estimate of drug-likeness (QED) is 0.634. The molecule has 1 aliphatic heterocycles. The van der Waals surface area contributed by atoms with Crippen LogP contribution in [0.25, 0.3) is 0 Å². The van der Waals surface area contributed by atoms with Crippen molar-refractivity contribution in [3.05, 3.63) is 58.1 Å². The van der Waals surface area contributed by atoms with Crippen molar-refractivity contribution < 1.29 is 23.9 Å². The second kappa shape index (κ2) is 11.2. The van der Waals surface area contributed by atoms with Gasteiger partial charge in [0.15, 0.2) is 5.78 Å². The van der Waals surface area contributed by atoms with Gasteiger partial charge in [0.2, 0.25) is 5.91 Å². The number of likely N-dealkylation sites (tertiary alicyclic amines) is 1.